The van der Waals surface area contributed by atoms with E-state index in [9.17, 15) is 9.59 Å². The molecular formula is C38H49N5O7. The number of methoxy groups -OCH3 is 4. The number of nitrogens with zero attached hydrogens (tertiary/aromatic N) is 5. The summed E-state index contributed by atoms with van der Waals surface area (Å²) in [6.45, 7) is 7.04. The lowest BCUT2D eigenvalue weighted by atomic mass is 9.94. The molecule has 1 unspecified atom stereocenters. The second-order valence-corrected chi connectivity index (χ2v) is 12.3. The minimum Gasteiger partial charge on any atom is -0.497 e. The lowest BCUT2D eigenvalue weighted by Crippen LogP contribution is -2.35. The van der Waals surface area contributed by atoms with Gasteiger partial charge >= 0.3 is 5.97 Å². The van der Waals surface area contributed by atoms with E-state index in [-0.39, 0.29) is 24.3 Å². The molecule has 1 fully saturated rings. The number of para-hydroxylation sites is 2. The van der Waals surface area contributed by atoms with E-state index in [4.69, 9.17) is 28.7 Å². The summed E-state index contributed by atoms with van der Waals surface area (Å²) in [5.74, 6) is 2.55. The molecule has 3 aromatic carbocycles. The third-order valence-corrected chi connectivity index (χ3v) is 9.23. The number of hydrogen-bond acceptors (Lipinski definition) is 10. The standard InChI is InChI=1S/C38H49N5O7/c1-7-50-35(44)26-43-32-12-9-8-11-31(32)39-38(43)42-19-10-18-41(21-22-42)20-17-28(27-13-15-30(46-3)16-14-27)25-40(2)37(45)29-23-33(47-4)36(49-6)34(24-29)48-5/h8-9,11-16,23-24,28H,7,10,17-22,25-26H2,1-6H3. The summed E-state index contributed by atoms with van der Waals surface area (Å²) in [5, 5.41) is 0. The summed E-state index contributed by atoms with van der Waals surface area (Å²) < 4.78 is 29.1. The van der Waals surface area contributed by atoms with Gasteiger partial charge in [-0.25, -0.2) is 4.98 Å². The smallest absolute Gasteiger partial charge is 0.326 e. The number of anilines is 1. The zero-order valence-electron chi connectivity index (χ0n) is 30.0. The Morgan fingerprint density at radius 2 is 1.60 bits per heavy atom. The average Bonchev–Trinajstić information content (AvgIpc) is 3.33. The lowest BCUT2D eigenvalue weighted by molar-refractivity contribution is -0.143. The Morgan fingerprint density at radius 3 is 2.26 bits per heavy atom. The van der Waals surface area contributed by atoms with Crippen molar-refractivity contribution in [3.8, 4) is 23.0 Å². The third kappa shape index (κ3) is 8.42. The van der Waals surface area contributed by atoms with Crippen molar-refractivity contribution in [2.75, 3.05) is 86.3 Å². The van der Waals surface area contributed by atoms with Gasteiger partial charge in [0.25, 0.3) is 5.91 Å². The number of ether oxygens (including phenoxy) is 5. The molecule has 1 aromatic heterocycles. The Bertz CT molecular complexity index is 1720. The predicted molar refractivity (Wildman–Crippen MR) is 193 cm³/mol. The fourth-order valence-electron chi connectivity index (χ4n) is 6.61. The molecule has 1 aliphatic heterocycles. The third-order valence-electron chi connectivity index (χ3n) is 9.23. The molecule has 1 atom stereocenters. The van der Waals surface area contributed by atoms with Gasteiger partial charge in [0.2, 0.25) is 11.7 Å². The molecule has 268 valence electrons. The van der Waals surface area contributed by atoms with E-state index in [1.54, 1.807) is 24.1 Å². The fourth-order valence-corrected chi connectivity index (χ4v) is 6.61. The zero-order chi connectivity index (χ0) is 35.6. The summed E-state index contributed by atoms with van der Waals surface area (Å²) in [7, 11) is 8.10. The first kappa shape index (κ1) is 36.3. The Morgan fingerprint density at radius 1 is 0.880 bits per heavy atom. The van der Waals surface area contributed by atoms with Crippen molar-refractivity contribution in [1.82, 2.24) is 19.4 Å². The van der Waals surface area contributed by atoms with Crippen LogP contribution in [0.1, 0.15) is 41.6 Å². The minimum absolute atomic E-state index is 0.0741. The van der Waals surface area contributed by atoms with Crippen molar-refractivity contribution in [1.29, 1.82) is 0 Å². The summed E-state index contributed by atoms with van der Waals surface area (Å²) in [5.41, 5.74) is 3.38. The molecule has 12 nitrogen and oxygen atoms in total. The number of likely N-dealkylation sites (N-methyl/N-ethyl adjacent to an activating group) is 1. The van der Waals surface area contributed by atoms with Gasteiger partial charge in [0.15, 0.2) is 11.5 Å². The Hall–Kier alpha value is -4.97. The van der Waals surface area contributed by atoms with Crippen molar-refractivity contribution in [3.05, 3.63) is 71.8 Å². The first-order valence-corrected chi connectivity index (χ1v) is 17.1. The van der Waals surface area contributed by atoms with Gasteiger partial charge in [-0.15, -0.1) is 0 Å². The van der Waals surface area contributed by atoms with Gasteiger partial charge in [0, 0.05) is 44.7 Å². The van der Waals surface area contributed by atoms with Crippen molar-refractivity contribution in [3.63, 3.8) is 0 Å². The van der Waals surface area contributed by atoms with Crippen LogP contribution in [-0.4, -0.2) is 113 Å². The second-order valence-electron chi connectivity index (χ2n) is 12.3. The van der Waals surface area contributed by atoms with Gasteiger partial charge in [-0.05, 0) is 74.8 Å². The molecule has 1 saturated heterocycles. The van der Waals surface area contributed by atoms with E-state index < -0.39 is 0 Å². The van der Waals surface area contributed by atoms with Gasteiger partial charge in [0.05, 0.1) is 46.1 Å². The quantitative estimate of drug-likeness (QED) is 0.157. The molecule has 5 rings (SSSR count). The Kier molecular flexibility index (Phi) is 12.4. The van der Waals surface area contributed by atoms with Crippen LogP contribution in [0.4, 0.5) is 5.95 Å². The number of imidazole rings is 1. The van der Waals surface area contributed by atoms with Gasteiger partial charge in [-0.3, -0.25) is 14.2 Å². The first-order valence-electron chi connectivity index (χ1n) is 17.1. The molecule has 1 amide bonds. The monoisotopic (exact) mass is 687 g/mol. The highest BCUT2D eigenvalue weighted by molar-refractivity contribution is 5.95. The maximum absolute atomic E-state index is 13.8. The van der Waals surface area contributed by atoms with E-state index >= 15 is 0 Å². The Labute approximate surface area is 294 Å². The average molecular weight is 688 g/mol. The van der Waals surface area contributed by atoms with Crippen molar-refractivity contribution in [2.24, 2.45) is 0 Å². The number of rotatable bonds is 15. The summed E-state index contributed by atoms with van der Waals surface area (Å²) in [6, 6.07) is 19.4. The molecule has 50 heavy (non-hydrogen) atoms. The van der Waals surface area contributed by atoms with Crippen molar-refractivity contribution < 1.29 is 33.3 Å². The summed E-state index contributed by atoms with van der Waals surface area (Å²) >= 11 is 0. The van der Waals surface area contributed by atoms with Crippen LogP contribution in [-0.2, 0) is 16.1 Å². The van der Waals surface area contributed by atoms with Gasteiger partial charge in [-0.1, -0.05) is 24.3 Å². The molecule has 0 spiro atoms. The van der Waals surface area contributed by atoms with E-state index in [1.165, 1.54) is 21.3 Å². The van der Waals surface area contributed by atoms with Gasteiger partial charge in [-0.2, -0.15) is 0 Å². The molecule has 12 heteroatoms. The maximum Gasteiger partial charge on any atom is 0.326 e. The molecule has 0 N–H and O–H groups in total. The number of hydrogen-bond donors (Lipinski definition) is 0. The number of benzene rings is 3. The van der Waals surface area contributed by atoms with Crippen LogP contribution in [0.15, 0.2) is 60.7 Å². The maximum atomic E-state index is 13.8. The number of aromatic nitrogens is 2. The highest BCUT2D eigenvalue weighted by Gasteiger charge is 2.25. The van der Waals surface area contributed by atoms with Crippen molar-refractivity contribution in [2.45, 2.75) is 32.2 Å². The van der Waals surface area contributed by atoms with Crippen LogP contribution >= 0.6 is 0 Å². The summed E-state index contributed by atoms with van der Waals surface area (Å²) in [6.07, 6.45) is 1.80. The van der Waals surface area contributed by atoms with Crippen LogP contribution in [0.3, 0.4) is 0 Å². The second kappa shape index (κ2) is 17.1. The zero-order valence-corrected chi connectivity index (χ0v) is 30.0. The predicted octanol–water partition coefficient (Wildman–Crippen LogP) is 5.09. The van der Waals surface area contributed by atoms with Crippen molar-refractivity contribution >= 4 is 28.9 Å². The van der Waals surface area contributed by atoms with E-state index in [2.05, 4.69) is 21.9 Å². The van der Waals surface area contributed by atoms with Crippen LogP contribution < -0.4 is 23.8 Å². The number of fused-ring (bicyclic) bond motifs is 1. The molecular weight excluding hydrogens is 638 g/mol. The summed E-state index contributed by atoms with van der Waals surface area (Å²) in [4.78, 5) is 37.8. The van der Waals surface area contributed by atoms with Crippen LogP contribution in [0.2, 0.25) is 0 Å². The fraction of sp³-hybridized carbons (Fsp3) is 0.447. The molecule has 0 saturated carbocycles. The molecule has 2 heterocycles. The molecule has 0 radical (unpaired) electrons. The number of esters is 1. The number of carbonyl (C=O) groups excluding carboxylic acids is 2. The minimum atomic E-state index is -0.272. The van der Waals surface area contributed by atoms with Crippen LogP contribution in [0.25, 0.3) is 11.0 Å². The first-order chi connectivity index (χ1) is 24.3. The molecule has 0 aliphatic carbocycles. The van der Waals surface area contributed by atoms with E-state index in [1.807, 2.05) is 54.9 Å². The number of carbonyl (C=O) groups is 2. The number of amides is 1. The Balaban J connectivity index is 1.30. The SMILES string of the molecule is CCOC(=O)Cn1c(N2CCCN(CCC(CN(C)C(=O)c3cc(OC)c(OC)c(OC)c3)c3ccc(OC)cc3)CC2)nc2ccccc21. The van der Waals surface area contributed by atoms with Crippen LogP contribution in [0, 0.1) is 0 Å². The molecule has 1 aliphatic rings. The van der Waals surface area contributed by atoms with E-state index in [0.29, 0.717) is 36.0 Å². The van der Waals surface area contributed by atoms with Gasteiger partial charge < -0.3 is 38.4 Å². The molecule has 4 aromatic rings. The highest BCUT2D eigenvalue weighted by Crippen LogP contribution is 2.38. The van der Waals surface area contributed by atoms with Crippen LogP contribution in [0.5, 0.6) is 23.0 Å². The van der Waals surface area contributed by atoms with E-state index in [0.717, 1.165) is 73.9 Å². The molecule has 0 bridgehead atoms. The largest absolute Gasteiger partial charge is 0.497 e. The lowest BCUT2D eigenvalue weighted by Gasteiger charge is -2.28. The van der Waals surface area contributed by atoms with Gasteiger partial charge in [0.1, 0.15) is 12.3 Å². The normalized spacial score (nSPS) is 14.2. The highest BCUT2D eigenvalue weighted by atomic mass is 16.5. The topological polar surface area (TPSA) is 108 Å².